The van der Waals surface area contributed by atoms with Crippen molar-refractivity contribution in [2.75, 3.05) is 0 Å². The molecule has 0 bridgehead atoms. The van der Waals surface area contributed by atoms with Crippen LogP contribution in [0.4, 0.5) is 13.2 Å². The van der Waals surface area contributed by atoms with E-state index in [4.69, 9.17) is 0 Å². The van der Waals surface area contributed by atoms with Crippen LogP contribution < -0.4 is 5.32 Å². The van der Waals surface area contributed by atoms with Crippen molar-refractivity contribution in [3.05, 3.63) is 47.7 Å². The molecule has 0 radical (unpaired) electrons. The van der Waals surface area contributed by atoms with E-state index in [0.29, 0.717) is 12.6 Å². The summed E-state index contributed by atoms with van der Waals surface area (Å²) in [6, 6.07) is 9.19. The van der Waals surface area contributed by atoms with E-state index in [1.807, 2.05) is 30.3 Å². The SMILES string of the molecule is C/C(=C/C(=O)C(F)(F)F)NCc1ccccc1. The number of hydrogen-bond donors (Lipinski definition) is 1. The Balaban J connectivity index is 2.53. The molecule has 0 amide bonds. The van der Waals surface area contributed by atoms with Crippen molar-refractivity contribution in [2.45, 2.75) is 19.6 Å². The second-order valence-electron chi connectivity index (χ2n) is 3.53. The average Bonchev–Trinajstić information content (AvgIpc) is 2.26. The van der Waals surface area contributed by atoms with Gasteiger partial charge in [0.05, 0.1) is 0 Å². The Morgan fingerprint density at radius 1 is 1.29 bits per heavy atom. The molecule has 0 spiro atoms. The Kier molecular flexibility index (Phi) is 4.31. The first-order chi connectivity index (χ1) is 7.89. The predicted molar refractivity (Wildman–Crippen MR) is 58.1 cm³/mol. The Morgan fingerprint density at radius 3 is 2.41 bits per heavy atom. The summed E-state index contributed by atoms with van der Waals surface area (Å²) in [5.74, 6) is -1.85. The zero-order valence-corrected chi connectivity index (χ0v) is 9.21. The molecule has 5 heteroatoms. The van der Waals surface area contributed by atoms with Crippen LogP contribution in [0, 0.1) is 0 Å². The van der Waals surface area contributed by atoms with Crippen LogP contribution in [0.2, 0.25) is 0 Å². The number of carbonyl (C=O) groups excluding carboxylic acids is 1. The molecule has 2 nitrogen and oxygen atoms in total. The fourth-order valence-electron chi connectivity index (χ4n) is 1.17. The van der Waals surface area contributed by atoms with Gasteiger partial charge in [0.15, 0.2) is 0 Å². The number of benzene rings is 1. The standard InChI is InChI=1S/C12H12F3NO/c1-9(7-11(17)12(13,14)15)16-8-10-5-3-2-4-6-10/h2-7,16H,8H2,1H3/b9-7-. The fourth-order valence-corrected chi connectivity index (χ4v) is 1.17. The van der Waals surface area contributed by atoms with E-state index in [9.17, 15) is 18.0 Å². The third-order valence-electron chi connectivity index (χ3n) is 2.04. The van der Waals surface area contributed by atoms with Gasteiger partial charge >= 0.3 is 6.18 Å². The van der Waals surface area contributed by atoms with Crippen molar-refractivity contribution in [3.63, 3.8) is 0 Å². The molecule has 0 heterocycles. The van der Waals surface area contributed by atoms with Crippen LogP contribution in [0.1, 0.15) is 12.5 Å². The highest BCUT2D eigenvalue weighted by atomic mass is 19.4. The van der Waals surface area contributed by atoms with E-state index in [1.54, 1.807) is 0 Å². The third kappa shape index (κ3) is 4.72. The van der Waals surface area contributed by atoms with E-state index in [-0.39, 0.29) is 5.70 Å². The number of nitrogens with one attached hydrogen (secondary N) is 1. The normalized spacial score (nSPS) is 12.4. The van der Waals surface area contributed by atoms with E-state index in [2.05, 4.69) is 5.32 Å². The van der Waals surface area contributed by atoms with Crippen LogP contribution in [0.5, 0.6) is 0 Å². The topological polar surface area (TPSA) is 29.1 Å². The van der Waals surface area contributed by atoms with E-state index < -0.39 is 12.0 Å². The molecule has 0 aliphatic rings. The molecule has 0 atom stereocenters. The summed E-state index contributed by atoms with van der Waals surface area (Å²) in [6.07, 6.45) is -4.25. The summed E-state index contributed by atoms with van der Waals surface area (Å²) in [5.41, 5.74) is 1.12. The maximum Gasteiger partial charge on any atom is 0.454 e. The van der Waals surface area contributed by atoms with E-state index >= 15 is 0 Å². The maximum atomic E-state index is 12.0. The molecule has 92 valence electrons. The van der Waals surface area contributed by atoms with Gasteiger partial charge in [-0.05, 0) is 12.5 Å². The lowest BCUT2D eigenvalue weighted by molar-refractivity contribution is -0.165. The second-order valence-corrected chi connectivity index (χ2v) is 3.53. The number of alkyl halides is 3. The van der Waals surface area contributed by atoms with Crippen LogP contribution in [0.3, 0.4) is 0 Å². The summed E-state index contributed by atoms with van der Waals surface area (Å²) < 4.78 is 35.9. The minimum absolute atomic E-state index is 0.191. The summed E-state index contributed by atoms with van der Waals surface area (Å²) in [7, 11) is 0. The summed E-state index contributed by atoms with van der Waals surface area (Å²) in [4.78, 5) is 10.6. The van der Waals surface area contributed by atoms with Crippen molar-refractivity contribution in [3.8, 4) is 0 Å². The van der Waals surface area contributed by atoms with Gasteiger partial charge in [0, 0.05) is 18.3 Å². The van der Waals surface area contributed by atoms with Gasteiger partial charge in [-0.15, -0.1) is 0 Å². The van der Waals surface area contributed by atoms with Crippen molar-refractivity contribution in [1.82, 2.24) is 5.32 Å². The molecule has 0 aromatic heterocycles. The zero-order chi connectivity index (χ0) is 12.9. The highest BCUT2D eigenvalue weighted by Gasteiger charge is 2.36. The van der Waals surface area contributed by atoms with Crippen molar-refractivity contribution in [2.24, 2.45) is 0 Å². The number of carbonyl (C=O) groups is 1. The minimum Gasteiger partial charge on any atom is -0.384 e. The largest absolute Gasteiger partial charge is 0.454 e. The maximum absolute atomic E-state index is 12.0. The van der Waals surface area contributed by atoms with Gasteiger partial charge in [0.2, 0.25) is 0 Å². The molecular formula is C12H12F3NO. The number of allylic oxidation sites excluding steroid dienone is 2. The monoisotopic (exact) mass is 243 g/mol. The summed E-state index contributed by atoms with van der Waals surface area (Å²) in [5, 5.41) is 2.74. The smallest absolute Gasteiger partial charge is 0.384 e. The number of halogens is 3. The van der Waals surface area contributed by atoms with Crippen molar-refractivity contribution < 1.29 is 18.0 Å². The molecule has 0 saturated carbocycles. The Labute approximate surface area is 97.1 Å². The highest BCUT2D eigenvalue weighted by Crippen LogP contribution is 2.17. The zero-order valence-electron chi connectivity index (χ0n) is 9.21. The van der Waals surface area contributed by atoms with Gasteiger partial charge in [0.1, 0.15) is 0 Å². The van der Waals surface area contributed by atoms with Gasteiger partial charge in [-0.2, -0.15) is 13.2 Å². The predicted octanol–water partition coefficient (Wildman–Crippen LogP) is 2.81. The van der Waals surface area contributed by atoms with Gasteiger partial charge < -0.3 is 5.32 Å². The first-order valence-corrected chi connectivity index (χ1v) is 4.97. The third-order valence-corrected chi connectivity index (χ3v) is 2.04. The van der Waals surface area contributed by atoms with Crippen LogP contribution >= 0.6 is 0 Å². The lowest BCUT2D eigenvalue weighted by atomic mass is 10.2. The molecule has 1 N–H and O–H groups in total. The van der Waals surface area contributed by atoms with Crippen LogP contribution in [-0.4, -0.2) is 12.0 Å². The summed E-state index contributed by atoms with van der Waals surface area (Å²) >= 11 is 0. The first kappa shape index (κ1) is 13.3. The molecule has 1 aromatic carbocycles. The Morgan fingerprint density at radius 2 is 1.88 bits per heavy atom. The first-order valence-electron chi connectivity index (χ1n) is 4.97. The number of ketones is 1. The number of hydrogen-bond acceptors (Lipinski definition) is 2. The molecule has 0 fully saturated rings. The summed E-state index contributed by atoms with van der Waals surface area (Å²) in [6.45, 7) is 1.81. The molecule has 1 aromatic rings. The molecule has 0 aliphatic heterocycles. The van der Waals surface area contributed by atoms with Gasteiger partial charge in [-0.3, -0.25) is 4.79 Å². The highest BCUT2D eigenvalue weighted by molar-refractivity contribution is 5.94. The molecular weight excluding hydrogens is 231 g/mol. The number of rotatable bonds is 4. The molecule has 0 aliphatic carbocycles. The average molecular weight is 243 g/mol. The van der Waals surface area contributed by atoms with Crippen LogP contribution in [0.25, 0.3) is 0 Å². The van der Waals surface area contributed by atoms with E-state index in [1.165, 1.54) is 6.92 Å². The van der Waals surface area contributed by atoms with Crippen molar-refractivity contribution in [1.29, 1.82) is 0 Å². The quantitative estimate of drug-likeness (QED) is 0.824. The molecule has 17 heavy (non-hydrogen) atoms. The molecule has 1 rings (SSSR count). The minimum atomic E-state index is -4.81. The van der Waals surface area contributed by atoms with E-state index in [0.717, 1.165) is 5.56 Å². The fraction of sp³-hybridized carbons (Fsp3) is 0.250. The lowest BCUT2D eigenvalue weighted by Crippen LogP contribution is -2.22. The van der Waals surface area contributed by atoms with Gasteiger partial charge in [-0.1, -0.05) is 30.3 Å². The second kappa shape index (κ2) is 5.52. The Hall–Kier alpha value is -1.78. The van der Waals surface area contributed by atoms with Crippen LogP contribution in [-0.2, 0) is 11.3 Å². The van der Waals surface area contributed by atoms with Gasteiger partial charge in [0.25, 0.3) is 5.78 Å². The lowest BCUT2D eigenvalue weighted by Gasteiger charge is -2.07. The van der Waals surface area contributed by atoms with Gasteiger partial charge in [-0.25, -0.2) is 0 Å². The molecule has 0 saturated heterocycles. The van der Waals surface area contributed by atoms with Crippen molar-refractivity contribution >= 4 is 5.78 Å². The van der Waals surface area contributed by atoms with Crippen LogP contribution in [0.15, 0.2) is 42.1 Å². The molecule has 0 unspecified atom stereocenters. The Bertz CT molecular complexity index is 410.